The quantitative estimate of drug-likeness (QED) is 0.872. The molecule has 0 aliphatic carbocycles. The van der Waals surface area contributed by atoms with Crippen LogP contribution in [0.2, 0.25) is 5.02 Å². The van der Waals surface area contributed by atoms with Gasteiger partial charge in [0.25, 0.3) is 0 Å². The SMILES string of the molecule is CNCc1ccc(-c2c(C)cc(C)cc2F)c(Cl)c1. The smallest absolute Gasteiger partial charge is 0.131 e. The van der Waals surface area contributed by atoms with E-state index < -0.39 is 0 Å². The van der Waals surface area contributed by atoms with E-state index in [9.17, 15) is 4.39 Å². The van der Waals surface area contributed by atoms with Crippen LogP contribution in [0.3, 0.4) is 0 Å². The molecule has 2 rings (SSSR count). The monoisotopic (exact) mass is 277 g/mol. The Kier molecular flexibility index (Phi) is 4.23. The lowest BCUT2D eigenvalue weighted by Gasteiger charge is -2.12. The van der Waals surface area contributed by atoms with Crippen LogP contribution in [0.4, 0.5) is 4.39 Å². The highest BCUT2D eigenvalue weighted by Gasteiger charge is 2.12. The molecule has 0 bridgehead atoms. The molecule has 2 aromatic rings. The first-order valence-corrected chi connectivity index (χ1v) is 6.61. The van der Waals surface area contributed by atoms with Gasteiger partial charge in [-0.1, -0.05) is 29.8 Å². The van der Waals surface area contributed by atoms with Gasteiger partial charge in [0.2, 0.25) is 0 Å². The molecule has 0 amide bonds. The molecular formula is C16H17ClFN. The van der Waals surface area contributed by atoms with Crippen molar-refractivity contribution in [3.63, 3.8) is 0 Å². The van der Waals surface area contributed by atoms with Crippen molar-refractivity contribution in [2.75, 3.05) is 7.05 Å². The Bertz CT molecular complexity index is 585. The second-order valence-electron chi connectivity index (χ2n) is 4.78. The summed E-state index contributed by atoms with van der Waals surface area (Å²) in [5.41, 5.74) is 4.24. The van der Waals surface area contributed by atoms with E-state index in [0.717, 1.165) is 28.8 Å². The maximum Gasteiger partial charge on any atom is 0.131 e. The van der Waals surface area contributed by atoms with Crippen molar-refractivity contribution in [2.24, 2.45) is 0 Å². The molecular weight excluding hydrogens is 261 g/mol. The largest absolute Gasteiger partial charge is 0.316 e. The molecule has 0 atom stereocenters. The van der Waals surface area contributed by atoms with E-state index in [1.165, 1.54) is 0 Å². The van der Waals surface area contributed by atoms with Gasteiger partial charge < -0.3 is 5.32 Å². The van der Waals surface area contributed by atoms with Gasteiger partial charge in [-0.25, -0.2) is 4.39 Å². The van der Waals surface area contributed by atoms with Gasteiger partial charge in [0.1, 0.15) is 5.82 Å². The summed E-state index contributed by atoms with van der Waals surface area (Å²) < 4.78 is 14.2. The summed E-state index contributed by atoms with van der Waals surface area (Å²) in [7, 11) is 1.88. The molecule has 2 aromatic carbocycles. The van der Waals surface area contributed by atoms with E-state index in [4.69, 9.17) is 11.6 Å². The maximum atomic E-state index is 14.2. The highest BCUT2D eigenvalue weighted by molar-refractivity contribution is 6.33. The molecule has 0 aliphatic rings. The molecule has 0 saturated heterocycles. The van der Waals surface area contributed by atoms with Crippen LogP contribution in [-0.2, 0) is 6.54 Å². The van der Waals surface area contributed by atoms with E-state index in [1.54, 1.807) is 6.07 Å². The maximum absolute atomic E-state index is 14.2. The average molecular weight is 278 g/mol. The number of aryl methyl sites for hydroxylation is 2. The second kappa shape index (κ2) is 5.72. The summed E-state index contributed by atoms with van der Waals surface area (Å²) >= 11 is 6.29. The third kappa shape index (κ3) is 2.96. The van der Waals surface area contributed by atoms with Gasteiger partial charge in [-0.05, 0) is 49.7 Å². The Morgan fingerprint density at radius 3 is 2.47 bits per heavy atom. The first kappa shape index (κ1) is 14.0. The van der Waals surface area contributed by atoms with Crippen molar-refractivity contribution in [3.05, 3.63) is 57.9 Å². The third-order valence-electron chi connectivity index (χ3n) is 3.12. The minimum Gasteiger partial charge on any atom is -0.316 e. The fourth-order valence-corrected chi connectivity index (χ4v) is 2.63. The van der Waals surface area contributed by atoms with Crippen LogP contribution in [0.15, 0.2) is 30.3 Å². The number of hydrogen-bond donors (Lipinski definition) is 1. The summed E-state index contributed by atoms with van der Waals surface area (Å²) in [6.45, 7) is 4.54. The van der Waals surface area contributed by atoms with Gasteiger partial charge in [-0.2, -0.15) is 0 Å². The molecule has 1 nitrogen and oxygen atoms in total. The van der Waals surface area contributed by atoms with Gasteiger partial charge >= 0.3 is 0 Å². The molecule has 0 unspecified atom stereocenters. The van der Waals surface area contributed by atoms with Gasteiger partial charge in [-0.15, -0.1) is 0 Å². The number of rotatable bonds is 3. The third-order valence-corrected chi connectivity index (χ3v) is 3.43. The highest BCUT2D eigenvalue weighted by Crippen LogP contribution is 2.33. The summed E-state index contributed by atoms with van der Waals surface area (Å²) in [5, 5.41) is 3.65. The Morgan fingerprint density at radius 2 is 1.89 bits per heavy atom. The van der Waals surface area contributed by atoms with Crippen molar-refractivity contribution in [1.82, 2.24) is 5.32 Å². The fraction of sp³-hybridized carbons (Fsp3) is 0.250. The molecule has 0 aromatic heterocycles. The molecule has 0 radical (unpaired) electrons. The Labute approximate surface area is 118 Å². The van der Waals surface area contributed by atoms with Gasteiger partial charge in [-0.3, -0.25) is 0 Å². The van der Waals surface area contributed by atoms with E-state index >= 15 is 0 Å². The number of halogens is 2. The van der Waals surface area contributed by atoms with Crippen LogP contribution in [0.5, 0.6) is 0 Å². The van der Waals surface area contributed by atoms with Crippen molar-refractivity contribution >= 4 is 11.6 Å². The number of nitrogens with one attached hydrogen (secondary N) is 1. The van der Waals surface area contributed by atoms with Crippen molar-refractivity contribution < 1.29 is 4.39 Å². The van der Waals surface area contributed by atoms with Crippen molar-refractivity contribution in [3.8, 4) is 11.1 Å². The zero-order chi connectivity index (χ0) is 14.0. The molecule has 0 aliphatic heterocycles. The molecule has 0 spiro atoms. The molecule has 1 N–H and O–H groups in total. The van der Waals surface area contributed by atoms with Gasteiger partial charge in [0.05, 0.1) is 0 Å². The normalized spacial score (nSPS) is 10.8. The predicted molar refractivity (Wildman–Crippen MR) is 79.1 cm³/mol. The van der Waals surface area contributed by atoms with Gasteiger partial charge in [0, 0.05) is 22.7 Å². The average Bonchev–Trinajstić information content (AvgIpc) is 2.31. The summed E-state index contributed by atoms with van der Waals surface area (Å²) in [5.74, 6) is -0.222. The Hall–Kier alpha value is -1.38. The summed E-state index contributed by atoms with van der Waals surface area (Å²) in [4.78, 5) is 0. The first-order valence-electron chi connectivity index (χ1n) is 6.23. The minimum atomic E-state index is -0.222. The van der Waals surface area contributed by atoms with Gasteiger partial charge in [0.15, 0.2) is 0 Å². The molecule has 0 saturated carbocycles. The zero-order valence-electron chi connectivity index (χ0n) is 11.3. The van der Waals surface area contributed by atoms with Crippen LogP contribution in [0, 0.1) is 19.7 Å². The number of hydrogen-bond acceptors (Lipinski definition) is 1. The summed E-state index contributed by atoms with van der Waals surface area (Å²) in [6, 6.07) is 9.24. The number of benzene rings is 2. The van der Waals surface area contributed by atoms with E-state index in [2.05, 4.69) is 5.32 Å². The molecule has 100 valence electrons. The molecule has 0 fully saturated rings. The van der Waals surface area contributed by atoms with Crippen LogP contribution in [0.1, 0.15) is 16.7 Å². The topological polar surface area (TPSA) is 12.0 Å². The van der Waals surface area contributed by atoms with Crippen LogP contribution in [0.25, 0.3) is 11.1 Å². The van der Waals surface area contributed by atoms with E-state index in [0.29, 0.717) is 10.6 Å². The minimum absolute atomic E-state index is 0.222. The van der Waals surface area contributed by atoms with Crippen molar-refractivity contribution in [1.29, 1.82) is 0 Å². The molecule has 0 heterocycles. The van der Waals surface area contributed by atoms with Crippen molar-refractivity contribution in [2.45, 2.75) is 20.4 Å². The van der Waals surface area contributed by atoms with Crippen LogP contribution in [-0.4, -0.2) is 7.05 Å². The van der Waals surface area contributed by atoms with Crippen LogP contribution >= 0.6 is 11.6 Å². The lowest BCUT2D eigenvalue weighted by Crippen LogP contribution is -2.04. The Balaban J connectivity index is 2.53. The zero-order valence-corrected chi connectivity index (χ0v) is 12.1. The second-order valence-corrected chi connectivity index (χ2v) is 5.19. The first-order chi connectivity index (χ1) is 9.02. The summed E-state index contributed by atoms with van der Waals surface area (Å²) in [6.07, 6.45) is 0. The standard InChI is InChI=1S/C16H17ClFN/c1-10-6-11(2)16(15(18)7-10)13-5-4-12(9-19-3)8-14(13)17/h4-8,19H,9H2,1-3H3. The molecule has 19 heavy (non-hydrogen) atoms. The van der Waals surface area contributed by atoms with Crippen LogP contribution < -0.4 is 5.32 Å². The lowest BCUT2D eigenvalue weighted by atomic mass is 9.97. The lowest BCUT2D eigenvalue weighted by molar-refractivity contribution is 0.629. The van der Waals surface area contributed by atoms with E-state index in [-0.39, 0.29) is 5.82 Å². The molecule has 3 heteroatoms. The highest BCUT2D eigenvalue weighted by atomic mass is 35.5. The van der Waals surface area contributed by atoms with E-state index in [1.807, 2.05) is 45.2 Å². The predicted octanol–water partition coefficient (Wildman–Crippen LogP) is 4.48. The fourth-order valence-electron chi connectivity index (χ4n) is 2.33. The Morgan fingerprint density at radius 1 is 1.16 bits per heavy atom.